The van der Waals surface area contributed by atoms with Crippen molar-refractivity contribution in [1.29, 1.82) is 0 Å². The minimum atomic E-state index is -1.22. The topological polar surface area (TPSA) is 78.9 Å². The summed E-state index contributed by atoms with van der Waals surface area (Å²) in [6.07, 6.45) is 0. The normalized spacial score (nSPS) is 12.3. The third-order valence-electron chi connectivity index (χ3n) is 2.80. The Hall–Kier alpha value is -2.11. The first-order valence-electron chi connectivity index (χ1n) is 5.33. The van der Waals surface area contributed by atoms with Gasteiger partial charge in [-0.25, -0.2) is 4.39 Å². The molecule has 0 saturated carbocycles. The number of oxime groups is 1. The van der Waals surface area contributed by atoms with E-state index in [4.69, 9.17) is 10.9 Å². The molecule has 1 aromatic carbocycles. The van der Waals surface area contributed by atoms with E-state index >= 15 is 0 Å². The molecule has 5 nitrogen and oxygen atoms in total. The highest BCUT2D eigenvalue weighted by atomic mass is 19.1. The molecule has 18 heavy (non-hydrogen) atoms. The maximum atomic E-state index is 13.6. The van der Waals surface area contributed by atoms with Crippen LogP contribution in [0.4, 0.5) is 10.1 Å². The molecule has 1 amide bonds. The highest BCUT2D eigenvalue weighted by Crippen LogP contribution is 2.24. The Bertz CT molecular complexity index is 486. The molecule has 6 heteroatoms. The molecule has 98 valence electrons. The van der Waals surface area contributed by atoms with Gasteiger partial charge in [-0.1, -0.05) is 17.3 Å². The maximum absolute atomic E-state index is 13.6. The molecule has 0 atom stereocenters. The summed E-state index contributed by atoms with van der Waals surface area (Å²) in [6.45, 7) is 3.00. The Morgan fingerprint density at radius 3 is 2.50 bits per heavy atom. The van der Waals surface area contributed by atoms with Crippen LogP contribution in [0.25, 0.3) is 0 Å². The zero-order valence-electron chi connectivity index (χ0n) is 10.5. The number of carbonyl (C=O) groups is 1. The molecule has 1 aromatic rings. The van der Waals surface area contributed by atoms with E-state index in [1.165, 1.54) is 39.1 Å². The molecule has 0 heterocycles. The van der Waals surface area contributed by atoms with Crippen LogP contribution in [0.2, 0.25) is 0 Å². The molecular formula is C12H16FN3O2. The van der Waals surface area contributed by atoms with Crippen molar-refractivity contribution < 1.29 is 14.4 Å². The van der Waals surface area contributed by atoms with Crippen molar-refractivity contribution in [3.63, 3.8) is 0 Å². The molecular weight excluding hydrogens is 237 g/mol. The van der Waals surface area contributed by atoms with E-state index < -0.39 is 17.1 Å². The number of hydrogen-bond donors (Lipinski definition) is 2. The van der Waals surface area contributed by atoms with Gasteiger partial charge in [0.1, 0.15) is 11.2 Å². The van der Waals surface area contributed by atoms with Crippen LogP contribution in [-0.2, 0) is 4.79 Å². The number of nitrogens with two attached hydrogens (primary N) is 1. The fraction of sp³-hybridized carbons (Fsp3) is 0.333. The lowest BCUT2D eigenvalue weighted by molar-refractivity contribution is -0.123. The average Bonchev–Trinajstić information content (AvgIpc) is 2.36. The molecule has 1 rings (SSSR count). The SMILES string of the molecule is CN(C(=O)C(C)(C)C(N)=NO)c1ccccc1F. The second-order valence-electron chi connectivity index (χ2n) is 4.43. The molecule has 0 saturated heterocycles. The van der Waals surface area contributed by atoms with Crippen LogP contribution in [0.5, 0.6) is 0 Å². The largest absolute Gasteiger partial charge is 0.409 e. The third-order valence-corrected chi connectivity index (χ3v) is 2.80. The van der Waals surface area contributed by atoms with Crippen LogP contribution >= 0.6 is 0 Å². The zero-order valence-corrected chi connectivity index (χ0v) is 10.5. The van der Waals surface area contributed by atoms with Crippen LogP contribution in [0.1, 0.15) is 13.8 Å². The van der Waals surface area contributed by atoms with Crippen molar-refractivity contribution in [1.82, 2.24) is 0 Å². The zero-order chi connectivity index (χ0) is 13.9. The van der Waals surface area contributed by atoms with Crippen LogP contribution in [0.15, 0.2) is 29.4 Å². The quantitative estimate of drug-likeness (QED) is 0.371. The molecule has 0 radical (unpaired) electrons. The van der Waals surface area contributed by atoms with Gasteiger partial charge >= 0.3 is 0 Å². The number of halogens is 1. The Morgan fingerprint density at radius 2 is 2.00 bits per heavy atom. The summed E-state index contributed by atoms with van der Waals surface area (Å²) in [7, 11) is 1.44. The second kappa shape index (κ2) is 5.03. The van der Waals surface area contributed by atoms with E-state index in [9.17, 15) is 9.18 Å². The Labute approximate surface area is 105 Å². The summed E-state index contributed by atoms with van der Waals surface area (Å²) in [4.78, 5) is 13.4. The van der Waals surface area contributed by atoms with E-state index in [1.54, 1.807) is 6.07 Å². The van der Waals surface area contributed by atoms with E-state index in [0.717, 1.165) is 4.90 Å². The van der Waals surface area contributed by atoms with Crippen molar-refractivity contribution in [2.24, 2.45) is 16.3 Å². The van der Waals surface area contributed by atoms with Gasteiger partial charge in [0.05, 0.1) is 5.69 Å². The molecule has 0 aliphatic carbocycles. The molecule has 0 aliphatic heterocycles. The standard InChI is InChI=1S/C12H16FN3O2/c1-12(2,10(14)15-18)11(17)16(3)9-7-5-4-6-8(9)13/h4-7,18H,1-3H3,(H2,14,15). The lowest BCUT2D eigenvalue weighted by Crippen LogP contribution is -2.47. The van der Waals surface area contributed by atoms with Crippen molar-refractivity contribution >= 4 is 17.4 Å². The molecule has 0 aliphatic rings. The second-order valence-corrected chi connectivity index (χ2v) is 4.43. The van der Waals surface area contributed by atoms with Crippen LogP contribution in [0.3, 0.4) is 0 Å². The summed E-state index contributed by atoms with van der Waals surface area (Å²) in [5.74, 6) is -1.21. The lowest BCUT2D eigenvalue weighted by atomic mass is 9.90. The van der Waals surface area contributed by atoms with E-state index in [2.05, 4.69) is 5.16 Å². The summed E-state index contributed by atoms with van der Waals surface area (Å²) >= 11 is 0. The number of para-hydroxylation sites is 1. The fourth-order valence-electron chi connectivity index (χ4n) is 1.49. The van der Waals surface area contributed by atoms with E-state index in [-0.39, 0.29) is 11.5 Å². The van der Waals surface area contributed by atoms with Gasteiger partial charge in [0, 0.05) is 7.05 Å². The average molecular weight is 253 g/mol. The van der Waals surface area contributed by atoms with Crippen molar-refractivity contribution in [2.45, 2.75) is 13.8 Å². The summed E-state index contributed by atoms with van der Waals surface area (Å²) < 4.78 is 13.6. The van der Waals surface area contributed by atoms with Gasteiger partial charge in [0.15, 0.2) is 5.84 Å². The van der Waals surface area contributed by atoms with Gasteiger partial charge in [-0.05, 0) is 26.0 Å². The van der Waals surface area contributed by atoms with Gasteiger partial charge in [-0.2, -0.15) is 0 Å². The molecule has 0 spiro atoms. The Balaban J connectivity index is 3.09. The number of hydrogen-bond acceptors (Lipinski definition) is 3. The van der Waals surface area contributed by atoms with Crippen molar-refractivity contribution in [2.75, 3.05) is 11.9 Å². The predicted molar refractivity (Wildman–Crippen MR) is 67.0 cm³/mol. The third kappa shape index (κ3) is 2.42. The number of rotatable bonds is 3. The van der Waals surface area contributed by atoms with E-state index in [1.807, 2.05) is 0 Å². The number of amides is 1. The first-order valence-corrected chi connectivity index (χ1v) is 5.33. The van der Waals surface area contributed by atoms with Gasteiger partial charge in [-0.3, -0.25) is 4.79 Å². The van der Waals surface area contributed by atoms with Gasteiger partial charge in [0.2, 0.25) is 5.91 Å². The summed E-state index contributed by atoms with van der Waals surface area (Å²) in [5.41, 5.74) is 4.39. The lowest BCUT2D eigenvalue weighted by Gasteiger charge is -2.28. The predicted octanol–water partition coefficient (Wildman–Crippen LogP) is 1.56. The van der Waals surface area contributed by atoms with Gasteiger partial charge < -0.3 is 15.8 Å². The minimum absolute atomic E-state index is 0.140. The molecule has 0 bridgehead atoms. The van der Waals surface area contributed by atoms with Crippen LogP contribution in [0, 0.1) is 11.2 Å². The van der Waals surface area contributed by atoms with Crippen molar-refractivity contribution in [3.05, 3.63) is 30.1 Å². The highest BCUT2D eigenvalue weighted by Gasteiger charge is 2.36. The highest BCUT2D eigenvalue weighted by molar-refractivity contribution is 6.11. The van der Waals surface area contributed by atoms with Crippen LogP contribution < -0.4 is 10.6 Å². The molecule has 0 aromatic heterocycles. The number of carbonyl (C=O) groups excluding carboxylic acids is 1. The monoisotopic (exact) mass is 253 g/mol. The first kappa shape index (κ1) is 14.0. The first-order chi connectivity index (χ1) is 8.32. The smallest absolute Gasteiger partial charge is 0.240 e. The number of amidine groups is 1. The van der Waals surface area contributed by atoms with Gasteiger partial charge in [0.25, 0.3) is 0 Å². The van der Waals surface area contributed by atoms with Gasteiger partial charge in [-0.15, -0.1) is 0 Å². The fourth-order valence-corrected chi connectivity index (χ4v) is 1.49. The van der Waals surface area contributed by atoms with E-state index in [0.29, 0.717) is 0 Å². The minimum Gasteiger partial charge on any atom is -0.409 e. The number of nitrogens with zero attached hydrogens (tertiary/aromatic N) is 2. The molecule has 0 unspecified atom stereocenters. The molecule has 0 fully saturated rings. The van der Waals surface area contributed by atoms with Crippen LogP contribution in [-0.4, -0.2) is 24.0 Å². The maximum Gasteiger partial charge on any atom is 0.240 e. The number of benzene rings is 1. The molecule has 3 N–H and O–H groups in total. The number of anilines is 1. The van der Waals surface area contributed by atoms with Crippen molar-refractivity contribution in [3.8, 4) is 0 Å². The summed E-state index contributed by atoms with van der Waals surface area (Å²) in [6, 6.07) is 5.90. The Kier molecular flexibility index (Phi) is 3.90. The Morgan fingerprint density at radius 1 is 1.44 bits per heavy atom. The summed E-state index contributed by atoms with van der Waals surface area (Å²) in [5, 5.41) is 11.5.